The monoisotopic (exact) mass is 250 g/mol. The highest BCUT2D eigenvalue weighted by molar-refractivity contribution is 6.00. The van der Waals surface area contributed by atoms with Crippen molar-refractivity contribution in [2.75, 3.05) is 0 Å². The van der Waals surface area contributed by atoms with Crippen molar-refractivity contribution in [3.05, 3.63) is 30.1 Å². The van der Waals surface area contributed by atoms with Gasteiger partial charge in [-0.2, -0.15) is 0 Å². The predicted molar refractivity (Wildman–Crippen MR) is 68.4 cm³/mol. The van der Waals surface area contributed by atoms with Crippen LogP contribution in [0.5, 0.6) is 0 Å². The van der Waals surface area contributed by atoms with E-state index >= 15 is 0 Å². The van der Waals surface area contributed by atoms with E-state index in [0.717, 1.165) is 0 Å². The molecule has 1 rings (SSSR count). The highest BCUT2D eigenvalue weighted by atomic mass is 16.4. The van der Waals surface area contributed by atoms with E-state index in [1.165, 1.54) is 12.4 Å². The average molecular weight is 250 g/mol. The van der Waals surface area contributed by atoms with Gasteiger partial charge in [0.25, 0.3) is 5.91 Å². The van der Waals surface area contributed by atoms with Crippen LogP contribution in [0.3, 0.4) is 0 Å². The fourth-order valence-corrected chi connectivity index (χ4v) is 1.74. The Hall–Kier alpha value is -2.11. The summed E-state index contributed by atoms with van der Waals surface area (Å²) in [5.41, 5.74) is 5.34. The van der Waals surface area contributed by atoms with Crippen LogP contribution < -0.4 is 11.1 Å². The second-order valence-electron chi connectivity index (χ2n) is 3.96. The van der Waals surface area contributed by atoms with Crippen LogP contribution in [-0.4, -0.2) is 27.5 Å². The van der Waals surface area contributed by atoms with Crippen LogP contribution in [0.1, 0.15) is 37.0 Å². The summed E-state index contributed by atoms with van der Waals surface area (Å²) in [6.45, 7) is 3.74. The van der Waals surface area contributed by atoms with Crippen LogP contribution >= 0.6 is 0 Å². The fraction of sp³-hybridized carbons (Fsp3) is 0.417. The van der Waals surface area contributed by atoms with E-state index in [2.05, 4.69) is 15.5 Å². The molecule has 1 aromatic rings. The summed E-state index contributed by atoms with van der Waals surface area (Å²) in [5.74, 6) is -0.261. The molecule has 98 valence electrons. The largest absolute Gasteiger partial charge is 0.409 e. The number of hydrogen-bond acceptors (Lipinski definition) is 4. The molecule has 0 atom stereocenters. The molecule has 0 aliphatic rings. The summed E-state index contributed by atoms with van der Waals surface area (Å²) in [5, 5.41) is 14.6. The first-order chi connectivity index (χ1) is 8.59. The Morgan fingerprint density at radius 3 is 2.44 bits per heavy atom. The number of carbonyl (C=O) groups excluding carboxylic acids is 1. The van der Waals surface area contributed by atoms with Gasteiger partial charge in [-0.05, 0) is 25.0 Å². The summed E-state index contributed by atoms with van der Waals surface area (Å²) < 4.78 is 0. The van der Waals surface area contributed by atoms with Gasteiger partial charge in [-0.25, -0.2) is 0 Å². The molecule has 0 spiro atoms. The SMILES string of the molecule is CCC(CC)(NC(=O)c1ccncc1)/C(N)=N/O. The van der Waals surface area contributed by atoms with E-state index in [0.29, 0.717) is 18.4 Å². The predicted octanol–water partition coefficient (Wildman–Crippen LogP) is 1.12. The number of pyridine rings is 1. The van der Waals surface area contributed by atoms with Crippen molar-refractivity contribution < 1.29 is 10.0 Å². The number of rotatable bonds is 5. The molecule has 0 aromatic carbocycles. The Kier molecular flexibility index (Phi) is 4.65. The van der Waals surface area contributed by atoms with Gasteiger partial charge in [-0.3, -0.25) is 9.78 Å². The van der Waals surface area contributed by atoms with Crippen molar-refractivity contribution in [1.82, 2.24) is 10.3 Å². The number of aromatic nitrogens is 1. The molecule has 0 aliphatic heterocycles. The van der Waals surface area contributed by atoms with E-state index in [9.17, 15) is 4.79 Å². The molecule has 0 fully saturated rings. The summed E-state index contributed by atoms with van der Waals surface area (Å²) >= 11 is 0. The van der Waals surface area contributed by atoms with Crippen LogP contribution in [0.4, 0.5) is 0 Å². The number of nitrogens with two attached hydrogens (primary N) is 1. The normalized spacial score (nSPS) is 12.2. The van der Waals surface area contributed by atoms with E-state index in [1.54, 1.807) is 12.1 Å². The third-order valence-electron chi connectivity index (χ3n) is 3.10. The van der Waals surface area contributed by atoms with Gasteiger partial charge in [0.1, 0.15) is 5.54 Å². The van der Waals surface area contributed by atoms with Crippen molar-refractivity contribution in [2.24, 2.45) is 10.9 Å². The van der Waals surface area contributed by atoms with Crippen LogP contribution in [0.15, 0.2) is 29.7 Å². The number of hydrogen-bond donors (Lipinski definition) is 3. The molecule has 18 heavy (non-hydrogen) atoms. The first-order valence-electron chi connectivity index (χ1n) is 5.80. The zero-order valence-electron chi connectivity index (χ0n) is 10.6. The Morgan fingerprint density at radius 2 is 2.00 bits per heavy atom. The minimum Gasteiger partial charge on any atom is -0.409 e. The number of amides is 1. The maximum Gasteiger partial charge on any atom is 0.252 e. The lowest BCUT2D eigenvalue weighted by Gasteiger charge is -2.31. The molecular formula is C12H18N4O2. The molecule has 1 aromatic heterocycles. The van der Waals surface area contributed by atoms with E-state index in [4.69, 9.17) is 10.9 Å². The van der Waals surface area contributed by atoms with E-state index in [-0.39, 0.29) is 11.7 Å². The van der Waals surface area contributed by atoms with Crippen molar-refractivity contribution in [2.45, 2.75) is 32.2 Å². The second kappa shape index (κ2) is 6.00. The van der Waals surface area contributed by atoms with Gasteiger partial charge < -0.3 is 16.3 Å². The van der Waals surface area contributed by atoms with Crippen LogP contribution in [0.2, 0.25) is 0 Å². The molecule has 0 saturated heterocycles. The number of carbonyl (C=O) groups is 1. The molecule has 6 nitrogen and oxygen atoms in total. The van der Waals surface area contributed by atoms with Gasteiger partial charge in [-0.1, -0.05) is 19.0 Å². The smallest absolute Gasteiger partial charge is 0.252 e. The van der Waals surface area contributed by atoms with Gasteiger partial charge in [0.05, 0.1) is 0 Å². The molecule has 0 saturated carbocycles. The number of oxime groups is 1. The lowest BCUT2D eigenvalue weighted by atomic mass is 9.91. The zero-order chi connectivity index (χ0) is 13.6. The maximum absolute atomic E-state index is 12.1. The molecule has 4 N–H and O–H groups in total. The summed E-state index contributed by atoms with van der Waals surface area (Å²) in [6, 6.07) is 3.22. The van der Waals surface area contributed by atoms with Gasteiger partial charge in [-0.15, -0.1) is 0 Å². The summed E-state index contributed by atoms with van der Waals surface area (Å²) in [4.78, 5) is 15.9. The van der Waals surface area contributed by atoms with E-state index in [1.807, 2.05) is 13.8 Å². The van der Waals surface area contributed by atoms with E-state index < -0.39 is 5.54 Å². The van der Waals surface area contributed by atoms with Gasteiger partial charge in [0.15, 0.2) is 5.84 Å². The lowest BCUT2D eigenvalue weighted by molar-refractivity contribution is 0.0917. The van der Waals surface area contributed by atoms with Crippen LogP contribution in [0, 0.1) is 0 Å². The van der Waals surface area contributed by atoms with Crippen LogP contribution in [0.25, 0.3) is 0 Å². The topological polar surface area (TPSA) is 101 Å². The van der Waals surface area contributed by atoms with Gasteiger partial charge >= 0.3 is 0 Å². The minimum atomic E-state index is -0.824. The third-order valence-corrected chi connectivity index (χ3v) is 3.10. The first kappa shape index (κ1) is 14.0. The standard InChI is InChI=1S/C12H18N4O2/c1-3-12(4-2,11(13)16-18)15-10(17)9-5-7-14-8-6-9/h5-8,18H,3-4H2,1-2H3,(H2,13,16)(H,15,17). The lowest BCUT2D eigenvalue weighted by Crippen LogP contribution is -2.56. The second-order valence-corrected chi connectivity index (χ2v) is 3.96. The third kappa shape index (κ3) is 2.77. The molecule has 6 heteroatoms. The van der Waals surface area contributed by atoms with Gasteiger partial charge in [0, 0.05) is 18.0 Å². The Labute approximate surface area is 106 Å². The summed E-state index contributed by atoms with van der Waals surface area (Å²) in [6.07, 6.45) is 4.16. The van der Waals surface area contributed by atoms with Crippen molar-refractivity contribution in [3.8, 4) is 0 Å². The zero-order valence-corrected chi connectivity index (χ0v) is 10.6. The first-order valence-corrected chi connectivity index (χ1v) is 5.80. The highest BCUT2D eigenvalue weighted by Gasteiger charge is 2.33. The highest BCUT2D eigenvalue weighted by Crippen LogP contribution is 2.16. The Bertz CT molecular complexity index is 427. The molecule has 0 bridgehead atoms. The molecule has 0 unspecified atom stereocenters. The van der Waals surface area contributed by atoms with Gasteiger partial charge in [0.2, 0.25) is 0 Å². The quantitative estimate of drug-likeness (QED) is 0.315. The molecule has 0 radical (unpaired) electrons. The fourth-order valence-electron chi connectivity index (χ4n) is 1.74. The van der Waals surface area contributed by atoms with Crippen molar-refractivity contribution in [3.63, 3.8) is 0 Å². The molecular weight excluding hydrogens is 232 g/mol. The Balaban J connectivity index is 2.95. The minimum absolute atomic E-state index is 0.00917. The maximum atomic E-state index is 12.1. The molecule has 1 heterocycles. The molecule has 1 amide bonds. The number of amidine groups is 1. The van der Waals surface area contributed by atoms with Crippen molar-refractivity contribution >= 4 is 11.7 Å². The molecule has 0 aliphatic carbocycles. The number of nitrogens with zero attached hydrogens (tertiary/aromatic N) is 2. The summed E-state index contributed by atoms with van der Waals surface area (Å²) in [7, 11) is 0. The number of nitrogens with one attached hydrogen (secondary N) is 1. The average Bonchev–Trinajstić information content (AvgIpc) is 2.44. The Morgan fingerprint density at radius 1 is 1.44 bits per heavy atom. The van der Waals surface area contributed by atoms with Crippen molar-refractivity contribution in [1.29, 1.82) is 0 Å². The van der Waals surface area contributed by atoms with Crippen LogP contribution in [-0.2, 0) is 0 Å².